The van der Waals surface area contributed by atoms with Crippen LogP contribution in [-0.2, 0) is 4.74 Å². The van der Waals surface area contributed by atoms with Crippen LogP contribution in [0.5, 0.6) is 0 Å². The molecule has 0 saturated carbocycles. The standard InChI is InChI=1S/C15H21N3O2/c1-18(13-7-10-3-4-11(8-13)17-10)12-5-6-16-14(9-12)15(19)20-2/h5-6,9-11,13,17H,3-4,7-8H2,1-2H3. The van der Waals surface area contributed by atoms with Crippen LogP contribution in [0.2, 0.25) is 0 Å². The lowest BCUT2D eigenvalue weighted by molar-refractivity contribution is 0.0594. The molecule has 0 aliphatic carbocycles. The molecule has 5 nitrogen and oxygen atoms in total. The first-order valence-corrected chi connectivity index (χ1v) is 7.20. The molecule has 5 heteroatoms. The number of esters is 1. The fourth-order valence-electron chi connectivity index (χ4n) is 3.41. The number of hydrogen-bond donors (Lipinski definition) is 1. The van der Waals surface area contributed by atoms with E-state index in [1.165, 1.54) is 32.8 Å². The van der Waals surface area contributed by atoms with Crippen LogP contribution in [0.25, 0.3) is 0 Å². The summed E-state index contributed by atoms with van der Waals surface area (Å²) in [5.74, 6) is -0.384. The number of nitrogens with zero attached hydrogens (tertiary/aromatic N) is 2. The number of hydrogen-bond acceptors (Lipinski definition) is 5. The summed E-state index contributed by atoms with van der Waals surface area (Å²) in [5, 5.41) is 3.65. The third kappa shape index (κ3) is 2.50. The van der Waals surface area contributed by atoms with Crippen molar-refractivity contribution in [1.29, 1.82) is 0 Å². The van der Waals surface area contributed by atoms with Crippen molar-refractivity contribution in [1.82, 2.24) is 10.3 Å². The number of nitrogens with one attached hydrogen (secondary N) is 1. The van der Waals surface area contributed by atoms with Crippen molar-refractivity contribution >= 4 is 11.7 Å². The number of rotatable bonds is 3. The summed E-state index contributed by atoms with van der Waals surface area (Å²) < 4.78 is 4.73. The maximum absolute atomic E-state index is 11.6. The van der Waals surface area contributed by atoms with Gasteiger partial charge in [0.05, 0.1) is 7.11 Å². The summed E-state index contributed by atoms with van der Waals surface area (Å²) >= 11 is 0. The minimum Gasteiger partial charge on any atom is -0.464 e. The largest absolute Gasteiger partial charge is 0.464 e. The van der Waals surface area contributed by atoms with Gasteiger partial charge >= 0.3 is 5.97 Å². The molecule has 0 amide bonds. The molecule has 0 radical (unpaired) electrons. The number of fused-ring (bicyclic) bond motifs is 2. The molecule has 0 aromatic carbocycles. The quantitative estimate of drug-likeness (QED) is 0.849. The van der Waals surface area contributed by atoms with Gasteiger partial charge in [-0.15, -0.1) is 0 Å². The normalized spacial score (nSPS) is 28.2. The molecule has 2 atom stereocenters. The minimum atomic E-state index is -0.384. The van der Waals surface area contributed by atoms with E-state index in [-0.39, 0.29) is 5.97 Å². The third-order valence-corrected chi connectivity index (χ3v) is 4.54. The number of carbonyl (C=O) groups excluding carboxylic acids is 1. The van der Waals surface area contributed by atoms with Gasteiger partial charge in [-0.1, -0.05) is 0 Å². The van der Waals surface area contributed by atoms with Gasteiger partial charge < -0.3 is 15.0 Å². The summed E-state index contributed by atoms with van der Waals surface area (Å²) in [6, 6.07) is 5.61. The molecule has 1 N–H and O–H groups in total. The predicted octanol–water partition coefficient (Wildman–Crippen LogP) is 1.59. The maximum Gasteiger partial charge on any atom is 0.356 e. The molecule has 108 valence electrons. The van der Waals surface area contributed by atoms with Crippen LogP contribution in [0, 0.1) is 0 Å². The van der Waals surface area contributed by atoms with Crippen LogP contribution in [0.3, 0.4) is 0 Å². The van der Waals surface area contributed by atoms with Crippen molar-refractivity contribution in [3.8, 4) is 0 Å². The first kappa shape index (κ1) is 13.4. The Morgan fingerprint density at radius 2 is 2.10 bits per heavy atom. The third-order valence-electron chi connectivity index (χ3n) is 4.54. The van der Waals surface area contributed by atoms with E-state index in [4.69, 9.17) is 4.74 Å². The van der Waals surface area contributed by atoms with Crippen molar-refractivity contribution < 1.29 is 9.53 Å². The van der Waals surface area contributed by atoms with Crippen molar-refractivity contribution in [2.24, 2.45) is 0 Å². The highest BCUT2D eigenvalue weighted by Crippen LogP contribution is 2.31. The van der Waals surface area contributed by atoms with Gasteiger partial charge in [-0.2, -0.15) is 0 Å². The van der Waals surface area contributed by atoms with Gasteiger partial charge in [-0.25, -0.2) is 9.78 Å². The molecule has 2 aliphatic rings. The van der Waals surface area contributed by atoms with Gasteiger partial charge in [0.25, 0.3) is 0 Å². The number of methoxy groups -OCH3 is 1. The Hall–Kier alpha value is -1.62. The number of ether oxygens (including phenoxy) is 1. The molecular formula is C15H21N3O2. The van der Waals surface area contributed by atoms with E-state index < -0.39 is 0 Å². The molecule has 1 aromatic rings. The van der Waals surface area contributed by atoms with Gasteiger partial charge in [0.1, 0.15) is 5.69 Å². The summed E-state index contributed by atoms with van der Waals surface area (Å²) in [6.07, 6.45) is 6.59. The molecular weight excluding hydrogens is 254 g/mol. The number of carbonyl (C=O) groups is 1. The lowest BCUT2D eigenvalue weighted by Gasteiger charge is -2.37. The van der Waals surface area contributed by atoms with Crippen LogP contribution in [-0.4, -0.2) is 43.2 Å². The second-order valence-electron chi connectivity index (χ2n) is 5.76. The van der Waals surface area contributed by atoms with E-state index in [1.807, 2.05) is 12.1 Å². The van der Waals surface area contributed by atoms with Crippen molar-refractivity contribution in [3.05, 3.63) is 24.0 Å². The van der Waals surface area contributed by atoms with Gasteiger partial charge in [-0.3, -0.25) is 0 Å². The zero-order valence-corrected chi connectivity index (χ0v) is 12.0. The highest BCUT2D eigenvalue weighted by molar-refractivity contribution is 5.88. The number of piperidine rings is 1. The summed E-state index contributed by atoms with van der Waals surface area (Å²) in [5.41, 5.74) is 1.40. The van der Waals surface area contributed by atoms with E-state index >= 15 is 0 Å². The minimum absolute atomic E-state index is 0.369. The maximum atomic E-state index is 11.6. The van der Waals surface area contributed by atoms with Gasteiger partial charge in [-0.05, 0) is 37.8 Å². The van der Waals surface area contributed by atoms with Crippen LogP contribution in [0.4, 0.5) is 5.69 Å². The van der Waals surface area contributed by atoms with E-state index in [1.54, 1.807) is 6.20 Å². The average Bonchev–Trinajstić information content (AvgIpc) is 2.84. The summed E-state index contributed by atoms with van der Waals surface area (Å²) in [4.78, 5) is 17.9. The van der Waals surface area contributed by atoms with E-state index in [0.29, 0.717) is 23.8 Å². The first-order valence-electron chi connectivity index (χ1n) is 7.20. The van der Waals surface area contributed by atoms with E-state index in [9.17, 15) is 4.79 Å². The topological polar surface area (TPSA) is 54.5 Å². The molecule has 2 aliphatic heterocycles. The first-order chi connectivity index (χ1) is 9.67. The molecule has 2 saturated heterocycles. The van der Waals surface area contributed by atoms with Gasteiger partial charge in [0, 0.05) is 37.1 Å². The molecule has 2 unspecified atom stereocenters. The van der Waals surface area contributed by atoms with Crippen LogP contribution >= 0.6 is 0 Å². The van der Waals surface area contributed by atoms with Crippen molar-refractivity contribution in [2.45, 2.75) is 43.8 Å². The monoisotopic (exact) mass is 275 g/mol. The number of anilines is 1. The second-order valence-corrected chi connectivity index (χ2v) is 5.76. The Balaban J connectivity index is 1.76. The highest BCUT2D eigenvalue weighted by Gasteiger charge is 2.35. The molecule has 2 fully saturated rings. The Kier molecular flexibility index (Phi) is 3.61. The summed E-state index contributed by atoms with van der Waals surface area (Å²) in [7, 11) is 3.48. The smallest absolute Gasteiger partial charge is 0.356 e. The van der Waals surface area contributed by atoms with Crippen LogP contribution in [0.15, 0.2) is 18.3 Å². The highest BCUT2D eigenvalue weighted by atomic mass is 16.5. The average molecular weight is 275 g/mol. The Labute approximate surface area is 119 Å². The van der Waals surface area contributed by atoms with Crippen molar-refractivity contribution in [3.63, 3.8) is 0 Å². The Morgan fingerprint density at radius 3 is 2.75 bits per heavy atom. The summed E-state index contributed by atoms with van der Waals surface area (Å²) in [6.45, 7) is 0. The fraction of sp³-hybridized carbons (Fsp3) is 0.600. The van der Waals surface area contributed by atoms with E-state index in [0.717, 1.165) is 5.69 Å². The van der Waals surface area contributed by atoms with Crippen LogP contribution < -0.4 is 10.2 Å². The lowest BCUT2D eigenvalue weighted by Crippen LogP contribution is -2.47. The SMILES string of the molecule is COC(=O)c1cc(N(C)C2CC3CCC(C2)N3)ccn1. The number of pyridine rings is 1. The van der Waals surface area contributed by atoms with Crippen LogP contribution in [0.1, 0.15) is 36.2 Å². The predicted molar refractivity (Wildman–Crippen MR) is 76.9 cm³/mol. The van der Waals surface area contributed by atoms with Crippen molar-refractivity contribution in [2.75, 3.05) is 19.1 Å². The number of aromatic nitrogens is 1. The Morgan fingerprint density at radius 1 is 1.40 bits per heavy atom. The Bertz CT molecular complexity index is 494. The van der Waals surface area contributed by atoms with Gasteiger partial charge in [0.15, 0.2) is 0 Å². The molecule has 20 heavy (non-hydrogen) atoms. The lowest BCUT2D eigenvalue weighted by atomic mass is 9.98. The second kappa shape index (κ2) is 5.40. The molecule has 2 bridgehead atoms. The molecule has 3 heterocycles. The molecule has 1 aromatic heterocycles. The zero-order valence-electron chi connectivity index (χ0n) is 12.0. The zero-order chi connectivity index (χ0) is 14.1. The fourth-order valence-corrected chi connectivity index (χ4v) is 3.41. The van der Waals surface area contributed by atoms with E-state index in [2.05, 4.69) is 22.2 Å². The molecule has 3 rings (SSSR count). The van der Waals surface area contributed by atoms with Gasteiger partial charge in [0.2, 0.25) is 0 Å². The molecule has 0 spiro atoms.